The molecule has 0 aliphatic rings. The third-order valence-corrected chi connectivity index (χ3v) is 3.23. The van der Waals surface area contributed by atoms with E-state index in [1.807, 2.05) is 37.3 Å². The van der Waals surface area contributed by atoms with E-state index in [4.69, 9.17) is 11.0 Å². The van der Waals surface area contributed by atoms with E-state index in [9.17, 15) is 4.79 Å². The highest BCUT2D eigenvalue weighted by Crippen LogP contribution is 2.13. The molecular formula is C17H17N3O. The minimum absolute atomic E-state index is 0.0861. The average Bonchev–Trinajstić information content (AvgIpc) is 2.52. The lowest BCUT2D eigenvalue weighted by molar-refractivity contribution is 0.0752. The fraction of sp³-hybridized carbons (Fsp3) is 0.176. The van der Waals surface area contributed by atoms with Gasteiger partial charge in [0.1, 0.15) is 0 Å². The molecule has 1 amide bonds. The van der Waals surface area contributed by atoms with E-state index in [1.54, 1.807) is 29.2 Å². The number of benzene rings is 2. The maximum absolute atomic E-state index is 12.5. The zero-order chi connectivity index (χ0) is 15.2. The van der Waals surface area contributed by atoms with Gasteiger partial charge in [-0.1, -0.05) is 18.2 Å². The zero-order valence-electron chi connectivity index (χ0n) is 11.9. The summed E-state index contributed by atoms with van der Waals surface area (Å²) < 4.78 is 0. The quantitative estimate of drug-likeness (QED) is 0.875. The normalized spacial score (nSPS) is 9.90. The molecule has 0 radical (unpaired) electrons. The molecular weight excluding hydrogens is 262 g/mol. The molecule has 0 unspecified atom stereocenters. The van der Waals surface area contributed by atoms with Gasteiger partial charge in [-0.05, 0) is 42.8 Å². The molecule has 0 bridgehead atoms. The van der Waals surface area contributed by atoms with Crippen LogP contribution in [0.3, 0.4) is 0 Å². The monoisotopic (exact) mass is 279 g/mol. The molecule has 0 atom stereocenters. The topological polar surface area (TPSA) is 70.1 Å². The minimum atomic E-state index is -0.0861. The van der Waals surface area contributed by atoms with Gasteiger partial charge in [0, 0.05) is 24.3 Å². The van der Waals surface area contributed by atoms with Crippen LogP contribution in [0, 0.1) is 11.3 Å². The highest BCUT2D eigenvalue weighted by molar-refractivity contribution is 5.94. The summed E-state index contributed by atoms with van der Waals surface area (Å²) in [5, 5.41) is 8.92. The number of amides is 1. The molecule has 2 aromatic rings. The van der Waals surface area contributed by atoms with E-state index in [-0.39, 0.29) is 5.91 Å². The molecule has 2 aromatic carbocycles. The van der Waals surface area contributed by atoms with Crippen LogP contribution in [0.25, 0.3) is 0 Å². The van der Waals surface area contributed by atoms with Crippen molar-refractivity contribution in [2.75, 3.05) is 12.3 Å². The number of nitrogens with two attached hydrogens (primary N) is 1. The smallest absolute Gasteiger partial charge is 0.254 e. The van der Waals surface area contributed by atoms with Crippen molar-refractivity contribution in [2.24, 2.45) is 0 Å². The average molecular weight is 279 g/mol. The molecule has 0 saturated carbocycles. The first-order valence-corrected chi connectivity index (χ1v) is 6.78. The second kappa shape index (κ2) is 6.58. The van der Waals surface area contributed by atoms with Crippen molar-refractivity contribution < 1.29 is 4.79 Å². The van der Waals surface area contributed by atoms with Gasteiger partial charge in [-0.2, -0.15) is 5.26 Å². The van der Waals surface area contributed by atoms with Gasteiger partial charge in [0.2, 0.25) is 0 Å². The number of anilines is 1. The summed E-state index contributed by atoms with van der Waals surface area (Å²) in [4.78, 5) is 14.2. The molecule has 2 N–H and O–H groups in total. The molecule has 4 heteroatoms. The van der Waals surface area contributed by atoms with Crippen LogP contribution in [0.2, 0.25) is 0 Å². The van der Waals surface area contributed by atoms with Crippen molar-refractivity contribution in [3.05, 3.63) is 65.2 Å². The lowest BCUT2D eigenvalue weighted by atomic mass is 10.1. The minimum Gasteiger partial charge on any atom is -0.399 e. The Labute approximate surface area is 124 Å². The molecule has 0 aliphatic heterocycles. The van der Waals surface area contributed by atoms with Gasteiger partial charge in [-0.3, -0.25) is 4.79 Å². The predicted octanol–water partition coefficient (Wildman–Crippen LogP) is 2.80. The Morgan fingerprint density at radius 1 is 1.24 bits per heavy atom. The van der Waals surface area contributed by atoms with Crippen LogP contribution >= 0.6 is 0 Å². The lowest BCUT2D eigenvalue weighted by Gasteiger charge is -2.21. The molecule has 0 heterocycles. The van der Waals surface area contributed by atoms with Crippen molar-refractivity contribution >= 4 is 11.6 Å². The number of hydrogen-bond donors (Lipinski definition) is 1. The SMILES string of the molecule is CCN(Cc1cccc(N)c1)C(=O)c1cccc(C#N)c1. The summed E-state index contributed by atoms with van der Waals surface area (Å²) in [7, 11) is 0. The summed E-state index contributed by atoms with van der Waals surface area (Å²) in [5.74, 6) is -0.0861. The van der Waals surface area contributed by atoms with Gasteiger partial charge in [-0.25, -0.2) is 0 Å². The molecule has 106 valence electrons. The molecule has 0 aromatic heterocycles. The summed E-state index contributed by atoms with van der Waals surface area (Å²) >= 11 is 0. The van der Waals surface area contributed by atoms with E-state index >= 15 is 0 Å². The van der Waals surface area contributed by atoms with E-state index in [1.165, 1.54) is 0 Å². The maximum Gasteiger partial charge on any atom is 0.254 e. The van der Waals surface area contributed by atoms with Crippen LogP contribution in [0.4, 0.5) is 5.69 Å². The van der Waals surface area contributed by atoms with Gasteiger partial charge in [0.05, 0.1) is 11.6 Å². The van der Waals surface area contributed by atoms with Crippen LogP contribution in [0.5, 0.6) is 0 Å². The van der Waals surface area contributed by atoms with Gasteiger partial charge in [-0.15, -0.1) is 0 Å². The number of nitrogen functional groups attached to an aromatic ring is 1. The zero-order valence-corrected chi connectivity index (χ0v) is 11.9. The lowest BCUT2D eigenvalue weighted by Crippen LogP contribution is -2.30. The Kier molecular flexibility index (Phi) is 4.57. The first-order chi connectivity index (χ1) is 10.1. The molecule has 0 fully saturated rings. The summed E-state index contributed by atoms with van der Waals surface area (Å²) in [6.07, 6.45) is 0. The van der Waals surface area contributed by atoms with Crippen LogP contribution in [-0.4, -0.2) is 17.4 Å². The number of nitrogens with zero attached hydrogens (tertiary/aromatic N) is 2. The van der Waals surface area contributed by atoms with E-state index in [0.29, 0.717) is 29.9 Å². The standard InChI is InChI=1S/C17H17N3O/c1-2-20(12-14-6-4-8-16(19)10-14)17(21)15-7-3-5-13(9-15)11-18/h3-10H,2,12,19H2,1H3. The Morgan fingerprint density at radius 2 is 2.00 bits per heavy atom. The Balaban J connectivity index is 2.20. The van der Waals surface area contributed by atoms with Crippen LogP contribution in [0.15, 0.2) is 48.5 Å². The number of hydrogen-bond acceptors (Lipinski definition) is 3. The molecule has 4 nitrogen and oxygen atoms in total. The molecule has 2 rings (SSSR count). The maximum atomic E-state index is 12.5. The van der Waals surface area contributed by atoms with Crippen molar-refractivity contribution in [2.45, 2.75) is 13.5 Å². The van der Waals surface area contributed by atoms with Crippen molar-refractivity contribution in [3.63, 3.8) is 0 Å². The van der Waals surface area contributed by atoms with E-state index in [2.05, 4.69) is 0 Å². The van der Waals surface area contributed by atoms with Gasteiger partial charge >= 0.3 is 0 Å². The predicted molar refractivity (Wildman–Crippen MR) is 82.4 cm³/mol. The second-order valence-corrected chi connectivity index (χ2v) is 4.76. The highest BCUT2D eigenvalue weighted by atomic mass is 16.2. The van der Waals surface area contributed by atoms with Gasteiger partial charge < -0.3 is 10.6 Å². The van der Waals surface area contributed by atoms with E-state index in [0.717, 1.165) is 5.56 Å². The number of nitriles is 1. The number of carbonyl (C=O) groups excluding carboxylic acids is 1. The first-order valence-electron chi connectivity index (χ1n) is 6.78. The van der Waals surface area contributed by atoms with Crippen molar-refractivity contribution in [1.82, 2.24) is 4.90 Å². The Morgan fingerprint density at radius 3 is 2.67 bits per heavy atom. The van der Waals surface area contributed by atoms with Crippen LogP contribution in [0.1, 0.15) is 28.4 Å². The van der Waals surface area contributed by atoms with Crippen LogP contribution in [-0.2, 0) is 6.54 Å². The van der Waals surface area contributed by atoms with Gasteiger partial charge in [0.15, 0.2) is 0 Å². The third kappa shape index (κ3) is 3.61. The summed E-state index contributed by atoms with van der Waals surface area (Å²) in [6, 6.07) is 16.3. The largest absolute Gasteiger partial charge is 0.399 e. The number of carbonyl (C=O) groups is 1. The summed E-state index contributed by atoms with van der Waals surface area (Å²) in [6.45, 7) is 3.01. The summed E-state index contributed by atoms with van der Waals surface area (Å²) in [5.41, 5.74) is 8.45. The fourth-order valence-electron chi connectivity index (χ4n) is 2.14. The molecule has 0 saturated heterocycles. The highest BCUT2D eigenvalue weighted by Gasteiger charge is 2.15. The number of rotatable bonds is 4. The Bertz CT molecular complexity index is 688. The molecule has 21 heavy (non-hydrogen) atoms. The van der Waals surface area contributed by atoms with Crippen molar-refractivity contribution in [3.8, 4) is 6.07 Å². The van der Waals surface area contributed by atoms with Crippen molar-refractivity contribution in [1.29, 1.82) is 5.26 Å². The first kappa shape index (κ1) is 14.6. The van der Waals surface area contributed by atoms with Crippen LogP contribution < -0.4 is 5.73 Å². The van der Waals surface area contributed by atoms with E-state index < -0.39 is 0 Å². The van der Waals surface area contributed by atoms with Gasteiger partial charge in [0.25, 0.3) is 5.91 Å². The molecule has 0 spiro atoms. The third-order valence-electron chi connectivity index (χ3n) is 3.23. The Hall–Kier alpha value is -2.80. The fourth-order valence-corrected chi connectivity index (χ4v) is 2.14. The second-order valence-electron chi connectivity index (χ2n) is 4.76. The molecule has 0 aliphatic carbocycles.